The average molecular weight is 330 g/mol. The Morgan fingerprint density at radius 1 is 1.21 bits per heavy atom. The van der Waals surface area contributed by atoms with Crippen LogP contribution in [0.4, 0.5) is 5.69 Å². The van der Waals surface area contributed by atoms with Crippen LogP contribution in [0, 0.1) is 5.92 Å². The van der Waals surface area contributed by atoms with E-state index >= 15 is 0 Å². The van der Waals surface area contributed by atoms with E-state index in [0.29, 0.717) is 5.91 Å². The number of likely N-dealkylation sites (N-methyl/N-ethyl adjacent to an activating group) is 1. The molecule has 1 N–H and O–H groups in total. The summed E-state index contributed by atoms with van der Waals surface area (Å²) in [5.41, 5.74) is 1.31. The standard InChI is InChI=1S/C19H30N4O/c1-21(19(24)17-6-5-9-20-16-17)10-11-22-12-14-23(15-13-22)18-7-3-2-4-8-18/h2-4,7-8,17,20H,5-6,9-16H2,1H3. The van der Waals surface area contributed by atoms with Gasteiger partial charge in [0.1, 0.15) is 0 Å². The highest BCUT2D eigenvalue weighted by Gasteiger charge is 2.24. The minimum atomic E-state index is 0.179. The predicted molar refractivity (Wildman–Crippen MR) is 98.3 cm³/mol. The number of carbonyl (C=O) groups is 1. The number of benzene rings is 1. The van der Waals surface area contributed by atoms with Gasteiger partial charge in [0.05, 0.1) is 5.92 Å². The summed E-state index contributed by atoms with van der Waals surface area (Å²) in [7, 11) is 1.96. The molecule has 2 saturated heterocycles. The van der Waals surface area contributed by atoms with E-state index in [1.165, 1.54) is 5.69 Å². The highest BCUT2D eigenvalue weighted by atomic mass is 16.2. The third kappa shape index (κ3) is 4.48. The molecule has 2 fully saturated rings. The number of amides is 1. The van der Waals surface area contributed by atoms with E-state index in [0.717, 1.165) is 65.2 Å². The highest BCUT2D eigenvalue weighted by molar-refractivity contribution is 5.78. The second kappa shape index (κ2) is 8.49. The fourth-order valence-electron chi connectivity index (χ4n) is 3.64. The molecule has 0 aromatic heterocycles. The Morgan fingerprint density at radius 2 is 1.96 bits per heavy atom. The second-order valence-corrected chi connectivity index (χ2v) is 6.97. The maximum absolute atomic E-state index is 12.5. The molecule has 5 nitrogen and oxygen atoms in total. The zero-order valence-corrected chi connectivity index (χ0v) is 14.8. The van der Waals surface area contributed by atoms with E-state index < -0.39 is 0 Å². The van der Waals surface area contributed by atoms with Gasteiger partial charge in [0.25, 0.3) is 0 Å². The van der Waals surface area contributed by atoms with E-state index in [1.54, 1.807) is 0 Å². The number of para-hydroxylation sites is 1. The predicted octanol–water partition coefficient (Wildman–Crippen LogP) is 1.27. The molecule has 132 valence electrons. The average Bonchev–Trinajstić information content (AvgIpc) is 2.67. The topological polar surface area (TPSA) is 38.8 Å². The Kier molecular flexibility index (Phi) is 6.10. The molecule has 24 heavy (non-hydrogen) atoms. The minimum absolute atomic E-state index is 0.179. The Balaban J connectivity index is 1.39. The van der Waals surface area contributed by atoms with Gasteiger partial charge in [-0.15, -0.1) is 0 Å². The molecule has 0 bridgehead atoms. The Morgan fingerprint density at radius 3 is 2.62 bits per heavy atom. The van der Waals surface area contributed by atoms with E-state index in [4.69, 9.17) is 0 Å². The Labute approximate surface area is 145 Å². The largest absolute Gasteiger partial charge is 0.369 e. The first-order valence-corrected chi connectivity index (χ1v) is 9.22. The molecule has 2 aliphatic heterocycles. The molecule has 0 aliphatic carbocycles. The summed E-state index contributed by atoms with van der Waals surface area (Å²) in [5.74, 6) is 0.490. The van der Waals surface area contributed by atoms with Crippen molar-refractivity contribution in [1.82, 2.24) is 15.1 Å². The summed E-state index contributed by atoms with van der Waals surface area (Å²) in [6, 6.07) is 10.6. The van der Waals surface area contributed by atoms with Gasteiger partial charge in [-0.25, -0.2) is 0 Å². The number of rotatable bonds is 5. The van der Waals surface area contributed by atoms with Crippen LogP contribution >= 0.6 is 0 Å². The lowest BCUT2D eigenvalue weighted by Gasteiger charge is -2.37. The summed E-state index contributed by atoms with van der Waals surface area (Å²) in [4.78, 5) is 19.3. The number of nitrogens with zero attached hydrogens (tertiary/aromatic N) is 3. The maximum Gasteiger partial charge on any atom is 0.226 e. The van der Waals surface area contributed by atoms with Crippen LogP contribution in [0.25, 0.3) is 0 Å². The van der Waals surface area contributed by atoms with Crippen molar-refractivity contribution in [2.45, 2.75) is 12.8 Å². The normalized spacial score (nSPS) is 22.4. The molecular weight excluding hydrogens is 300 g/mol. The molecule has 0 spiro atoms. The fourth-order valence-corrected chi connectivity index (χ4v) is 3.64. The first-order chi connectivity index (χ1) is 11.7. The minimum Gasteiger partial charge on any atom is -0.369 e. The van der Waals surface area contributed by atoms with Crippen LogP contribution in [0.1, 0.15) is 12.8 Å². The molecule has 1 aromatic carbocycles. The molecule has 2 aliphatic rings. The van der Waals surface area contributed by atoms with Gasteiger partial charge >= 0.3 is 0 Å². The van der Waals surface area contributed by atoms with Crippen molar-refractivity contribution in [3.05, 3.63) is 30.3 Å². The molecular formula is C19H30N4O. The number of anilines is 1. The van der Waals surface area contributed by atoms with Crippen LogP contribution in [0.15, 0.2) is 30.3 Å². The lowest BCUT2D eigenvalue weighted by molar-refractivity contribution is -0.134. The summed E-state index contributed by atoms with van der Waals surface area (Å²) < 4.78 is 0. The molecule has 1 amide bonds. The highest BCUT2D eigenvalue weighted by Crippen LogP contribution is 2.16. The van der Waals surface area contributed by atoms with E-state index in [1.807, 2.05) is 11.9 Å². The zero-order valence-electron chi connectivity index (χ0n) is 14.8. The van der Waals surface area contributed by atoms with Crippen molar-refractivity contribution in [3.63, 3.8) is 0 Å². The zero-order chi connectivity index (χ0) is 16.8. The van der Waals surface area contributed by atoms with E-state index in [-0.39, 0.29) is 5.92 Å². The molecule has 1 unspecified atom stereocenters. The second-order valence-electron chi connectivity index (χ2n) is 6.97. The maximum atomic E-state index is 12.5. The molecule has 1 atom stereocenters. The summed E-state index contributed by atoms with van der Waals surface area (Å²) in [6.45, 7) is 7.98. The Bertz CT molecular complexity index is 507. The fraction of sp³-hybridized carbons (Fsp3) is 0.632. The van der Waals surface area contributed by atoms with Crippen molar-refractivity contribution in [3.8, 4) is 0 Å². The van der Waals surface area contributed by atoms with Crippen molar-refractivity contribution in [2.24, 2.45) is 5.92 Å². The van der Waals surface area contributed by atoms with Crippen LogP contribution in [0.2, 0.25) is 0 Å². The number of hydrogen-bond acceptors (Lipinski definition) is 4. The SMILES string of the molecule is CN(CCN1CCN(c2ccccc2)CC1)C(=O)C1CCCNC1. The summed E-state index contributed by atoms with van der Waals surface area (Å²) in [6.07, 6.45) is 2.15. The van der Waals surface area contributed by atoms with E-state index in [2.05, 4.69) is 45.4 Å². The van der Waals surface area contributed by atoms with Gasteiger partial charge in [-0.3, -0.25) is 9.69 Å². The van der Waals surface area contributed by atoms with Gasteiger partial charge in [0, 0.05) is 58.5 Å². The third-order valence-corrected chi connectivity index (χ3v) is 5.27. The van der Waals surface area contributed by atoms with E-state index in [9.17, 15) is 4.79 Å². The van der Waals surface area contributed by atoms with Gasteiger partial charge in [-0.05, 0) is 31.5 Å². The van der Waals surface area contributed by atoms with Crippen LogP contribution in [-0.2, 0) is 4.79 Å². The number of hydrogen-bond donors (Lipinski definition) is 1. The van der Waals surface area contributed by atoms with Gasteiger partial charge in [0.15, 0.2) is 0 Å². The lowest BCUT2D eigenvalue weighted by atomic mass is 9.98. The summed E-state index contributed by atoms with van der Waals surface area (Å²) >= 11 is 0. The molecule has 3 rings (SSSR count). The number of nitrogens with one attached hydrogen (secondary N) is 1. The van der Waals surface area contributed by atoms with Crippen molar-refractivity contribution >= 4 is 11.6 Å². The first kappa shape index (κ1) is 17.2. The van der Waals surface area contributed by atoms with Crippen molar-refractivity contribution < 1.29 is 4.79 Å². The van der Waals surface area contributed by atoms with Gasteiger partial charge in [-0.2, -0.15) is 0 Å². The number of carbonyl (C=O) groups excluding carboxylic acids is 1. The van der Waals surface area contributed by atoms with Crippen LogP contribution in [-0.4, -0.2) is 75.1 Å². The number of piperazine rings is 1. The van der Waals surface area contributed by atoms with Gasteiger partial charge < -0.3 is 15.1 Å². The van der Waals surface area contributed by atoms with Crippen molar-refractivity contribution in [2.75, 3.05) is 64.3 Å². The quantitative estimate of drug-likeness (QED) is 0.882. The first-order valence-electron chi connectivity index (χ1n) is 9.22. The monoisotopic (exact) mass is 330 g/mol. The van der Waals surface area contributed by atoms with Gasteiger partial charge in [-0.1, -0.05) is 18.2 Å². The molecule has 1 aromatic rings. The number of piperidine rings is 1. The van der Waals surface area contributed by atoms with Crippen molar-refractivity contribution in [1.29, 1.82) is 0 Å². The Hall–Kier alpha value is -1.59. The molecule has 0 radical (unpaired) electrons. The smallest absolute Gasteiger partial charge is 0.226 e. The molecule has 0 saturated carbocycles. The lowest BCUT2D eigenvalue weighted by Crippen LogP contribution is -2.49. The molecule has 5 heteroatoms. The summed E-state index contributed by atoms with van der Waals surface area (Å²) in [5, 5.41) is 3.33. The van der Waals surface area contributed by atoms with Crippen LogP contribution in [0.5, 0.6) is 0 Å². The molecule has 2 heterocycles. The van der Waals surface area contributed by atoms with Crippen LogP contribution in [0.3, 0.4) is 0 Å². The van der Waals surface area contributed by atoms with Crippen LogP contribution < -0.4 is 10.2 Å². The van der Waals surface area contributed by atoms with Gasteiger partial charge in [0.2, 0.25) is 5.91 Å². The third-order valence-electron chi connectivity index (χ3n) is 5.27.